The van der Waals surface area contributed by atoms with E-state index in [0.717, 1.165) is 30.4 Å². The molecule has 3 aromatic heterocycles. The van der Waals surface area contributed by atoms with Crippen LogP contribution in [0.3, 0.4) is 0 Å². The van der Waals surface area contributed by atoms with Gasteiger partial charge in [-0.3, -0.25) is 9.78 Å². The van der Waals surface area contributed by atoms with Crippen molar-refractivity contribution in [1.29, 1.82) is 0 Å². The zero-order valence-electron chi connectivity index (χ0n) is 15.0. The molecule has 0 amide bonds. The van der Waals surface area contributed by atoms with Crippen LogP contribution in [-0.4, -0.2) is 26.0 Å². The number of oxazole rings is 1. The third-order valence-electron chi connectivity index (χ3n) is 4.50. The fraction of sp³-hybridized carbons (Fsp3) is 0.222. The number of hydrogen-bond acceptors (Lipinski definition) is 7. The fourth-order valence-corrected chi connectivity index (χ4v) is 4.48. The Bertz CT molecular complexity index is 1320. The zero-order valence-corrected chi connectivity index (χ0v) is 16.6. The molecule has 0 spiro atoms. The molecule has 0 radical (unpaired) electrons. The first-order chi connectivity index (χ1) is 13.5. The molecule has 0 unspecified atom stereocenters. The van der Waals surface area contributed by atoms with E-state index in [1.807, 2.05) is 6.07 Å². The van der Waals surface area contributed by atoms with E-state index in [1.54, 1.807) is 12.1 Å². The number of hydrogen-bond donors (Lipinski definition) is 4. The van der Waals surface area contributed by atoms with Crippen LogP contribution in [0.25, 0.3) is 21.3 Å². The van der Waals surface area contributed by atoms with Gasteiger partial charge in [0.2, 0.25) is 5.82 Å². The average molecular weight is 437 g/mol. The molecule has 5 N–H and O–H groups in total. The molecule has 1 aromatic carbocycles. The quantitative estimate of drug-likeness (QED) is 0.375. The van der Waals surface area contributed by atoms with Crippen molar-refractivity contribution in [1.82, 2.24) is 15.0 Å². The maximum Gasteiger partial charge on any atom is 0.417 e. The molecular formula is C18H17ClN4O5S. The monoisotopic (exact) mass is 436 g/mol. The molecule has 152 valence electrons. The number of aromatic carboxylic acids is 1. The Balaban J connectivity index is 0.000000167. The van der Waals surface area contributed by atoms with Gasteiger partial charge in [-0.25, -0.2) is 14.6 Å². The summed E-state index contributed by atoms with van der Waals surface area (Å²) in [6, 6.07) is 5.39. The van der Waals surface area contributed by atoms with Crippen molar-refractivity contribution in [2.45, 2.75) is 25.8 Å². The van der Waals surface area contributed by atoms with Crippen LogP contribution in [0.15, 0.2) is 32.2 Å². The molecule has 11 heteroatoms. The zero-order chi connectivity index (χ0) is 19.8. The van der Waals surface area contributed by atoms with Crippen LogP contribution < -0.4 is 17.0 Å². The summed E-state index contributed by atoms with van der Waals surface area (Å²) in [6.45, 7) is 0.449. The van der Waals surface area contributed by atoms with Crippen LogP contribution in [0.2, 0.25) is 0 Å². The molecule has 0 fully saturated rings. The topological polar surface area (TPSA) is 155 Å². The number of aryl methyl sites for hydroxylation is 2. The van der Waals surface area contributed by atoms with Gasteiger partial charge >= 0.3 is 11.7 Å². The molecule has 3 heterocycles. The number of halogens is 1. The van der Waals surface area contributed by atoms with E-state index in [2.05, 4.69) is 15.0 Å². The number of aromatic amines is 2. The highest BCUT2D eigenvalue weighted by atomic mass is 35.5. The Morgan fingerprint density at radius 1 is 1.28 bits per heavy atom. The van der Waals surface area contributed by atoms with Gasteiger partial charge in [-0.1, -0.05) is 6.07 Å². The van der Waals surface area contributed by atoms with Crippen molar-refractivity contribution < 1.29 is 14.3 Å². The van der Waals surface area contributed by atoms with Crippen LogP contribution in [0.1, 0.15) is 33.0 Å². The Kier molecular flexibility index (Phi) is 5.87. The number of carboxylic acid groups (broad SMARTS) is 1. The van der Waals surface area contributed by atoms with Crippen molar-refractivity contribution in [2.24, 2.45) is 5.73 Å². The summed E-state index contributed by atoms with van der Waals surface area (Å²) >= 11 is 1.44. The van der Waals surface area contributed by atoms with Gasteiger partial charge in [0.05, 0.1) is 10.9 Å². The lowest BCUT2D eigenvalue weighted by molar-refractivity contribution is 0.0683. The molecule has 1 aliphatic carbocycles. The lowest BCUT2D eigenvalue weighted by Gasteiger charge is -1.95. The summed E-state index contributed by atoms with van der Waals surface area (Å²) in [4.78, 5) is 43.8. The van der Waals surface area contributed by atoms with Crippen molar-refractivity contribution in [3.63, 3.8) is 0 Å². The minimum atomic E-state index is -1.20. The number of carboxylic acids is 1. The number of rotatable bonds is 2. The van der Waals surface area contributed by atoms with E-state index in [9.17, 15) is 14.4 Å². The van der Waals surface area contributed by atoms with Gasteiger partial charge in [-0.15, -0.1) is 23.7 Å². The Hall–Kier alpha value is -2.95. The highest BCUT2D eigenvalue weighted by Crippen LogP contribution is 2.34. The van der Waals surface area contributed by atoms with Crippen LogP contribution in [0, 0.1) is 0 Å². The number of benzene rings is 1. The molecule has 0 atom stereocenters. The summed E-state index contributed by atoms with van der Waals surface area (Å²) in [5.41, 5.74) is 8.36. The molecule has 29 heavy (non-hydrogen) atoms. The minimum Gasteiger partial charge on any atom is -0.475 e. The molecule has 9 nitrogen and oxygen atoms in total. The number of thiophene rings is 1. The number of carbonyl (C=O) groups is 1. The number of aromatic nitrogens is 3. The molecule has 0 aliphatic heterocycles. The summed E-state index contributed by atoms with van der Waals surface area (Å²) in [7, 11) is 0. The van der Waals surface area contributed by atoms with Crippen LogP contribution in [0.4, 0.5) is 0 Å². The van der Waals surface area contributed by atoms with Gasteiger partial charge in [0.15, 0.2) is 5.58 Å². The van der Waals surface area contributed by atoms with Crippen LogP contribution in [-0.2, 0) is 19.4 Å². The summed E-state index contributed by atoms with van der Waals surface area (Å²) in [5.74, 6) is -1.91. The van der Waals surface area contributed by atoms with E-state index in [-0.39, 0.29) is 23.8 Å². The van der Waals surface area contributed by atoms with E-state index in [4.69, 9.17) is 15.3 Å². The lowest BCUT2D eigenvalue weighted by atomic mass is 10.2. The van der Waals surface area contributed by atoms with E-state index >= 15 is 0 Å². The average Bonchev–Trinajstić information content (AvgIpc) is 3.33. The van der Waals surface area contributed by atoms with Gasteiger partial charge in [0, 0.05) is 11.4 Å². The Morgan fingerprint density at radius 2 is 2.07 bits per heavy atom. The van der Waals surface area contributed by atoms with E-state index in [0.29, 0.717) is 27.9 Å². The van der Waals surface area contributed by atoms with Crippen molar-refractivity contribution >= 4 is 51.0 Å². The molecule has 5 rings (SSSR count). The maximum atomic E-state index is 11.8. The van der Waals surface area contributed by atoms with Crippen molar-refractivity contribution in [3.8, 4) is 0 Å². The first-order valence-electron chi connectivity index (χ1n) is 8.56. The third-order valence-corrected chi connectivity index (χ3v) is 5.68. The first-order valence-corrected chi connectivity index (χ1v) is 9.37. The first kappa shape index (κ1) is 20.8. The highest BCUT2D eigenvalue weighted by Gasteiger charge is 2.22. The minimum absolute atomic E-state index is 0. The molecular weight excluding hydrogens is 420 g/mol. The standard InChI is InChI=1S/C10H8N2O3S.C8H8N2O2.ClH/c13-8-6-4-2-1-3-5(4)16-9(6)12-7(11-8)10(14)15;9-4-5-1-2-6-7(3-5)12-8(11)10-6;/h1-3H2,(H,14,15)(H,11,12,13);1-3H,4,9H2,(H,10,11);1H. The lowest BCUT2D eigenvalue weighted by Crippen LogP contribution is -2.15. The predicted octanol–water partition coefficient (Wildman–Crippen LogP) is 2.17. The smallest absolute Gasteiger partial charge is 0.417 e. The van der Waals surface area contributed by atoms with Crippen molar-refractivity contribution in [2.75, 3.05) is 0 Å². The van der Waals surface area contributed by atoms with Gasteiger partial charge in [0.25, 0.3) is 5.56 Å². The maximum absolute atomic E-state index is 11.8. The largest absolute Gasteiger partial charge is 0.475 e. The Labute approximate surface area is 173 Å². The molecule has 4 aromatic rings. The number of fused-ring (bicyclic) bond motifs is 4. The summed E-state index contributed by atoms with van der Waals surface area (Å²) in [6.07, 6.45) is 2.93. The highest BCUT2D eigenvalue weighted by molar-refractivity contribution is 7.18. The third kappa shape index (κ3) is 3.95. The predicted molar refractivity (Wildman–Crippen MR) is 111 cm³/mol. The second kappa shape index (κ2) is 8.19. The van der Waals surface area contributed by atoms with E-state index in [1.165, 1.54) is 16.2 Å². The van der Waals surface area contributed by atoms with Gasteiger partial charge in [-0.2, -0.15) is 0 Å². The molecule has 0 bridgehead atoms. The number of nitrogens with one attached hydrogen (secondary N) is 2. The number of nitrogens with two attached hydrogens (primary N) is 1. The second-order valence-corrected chi connectivity index (χ2v) is 7.39. The summed E-state index contributed by atoms with van der Waals surface area (Å²) in [5, 5.41) is 9.37. The van der Waals surface area contributed by atoms with Crippen LogP contribution in [0.5, 0.6) is 0 Å². The van der Waals surface area contributed by atoms with Crippen LogP contribution >= 0.6 is 23.7 Å². The Morgan fingerprint density at radius 3 is 2.79 bits per heavy atom. The van der Waals surface area contributed by atoms with Gasteiger partial charge < -0.3 is 20.2 Å². The molecule has 1 aliphatic rings. The molecule has 0 saturated carbocycles. The SMILES string of the molecule is Cl.NCc1ccc2[nH]c(=O)oc2c1.O=C(O)c1nc2sc3c(c2c(=O)[nH]1)CCC3. The fourth-order valence-electron chi connectivity index (χ4n) is 3.22. The molecule has 0 saturated heterocycles. The summed E-state index contributed by atoms with van der Waals surface area (Å²) < 4.78 is 4.84. The normalized spacial score (nSPS) is 12.3. The van der Waals surface area contributed by atoms with Gasteiger partial charge in [-0.05, 0) is 42.5 Å². The second-order valence-electron chi connectivity index (χ2n) is 6.31. The number of H-pyrrole nitrogens is 2. The van der Waals surface area contributed by atoms with E-state index < -0.39 is 11.7 Å². The van der Waals surface area contributed by atoms with Crippen molar-refractivity contribution in [3.05, 3.63) is 60.9 Å². The number of nitrogens with zero attached hydrogens (tertiary/aromatic N) is 1. The van der Waals surface area contributed by atoms with Gasteiger partial charge in [0.1, 0.15) is 4.83 Å².